The lowest BCUT2D eigenvalue weighted by molar-refractivity contribution is -0.126. The summed E-state index contributed by atoms with van der Waals surface area (Å²) in [6.45, 7) is 1.73. The number of rotatable bonds is 8. The lowest BCUT2D eigenvalue weighted by atomic mass is 10.0. The largest absolute Gasteiger partial charge is 0.351 e. The van der Waals surface area contributed by atoms with Gasteiger partial charge in [-0.15, -0.1) is 11.3 Å². The van der Waals surface area contributed by atoms with E-state index in [1.54, 1.807) is 42.0 Å². The fourth-order valence-electron chi connectivity index (χ4n) is 4.19. The fraction of sp³-hybridized carbons (Fsp3) is 0.308. The molecule has 7 nitrogen and oxygen atoms in total. The van der Waals surface area contributed by atoms with Crippen LogP contribution in [0.2, 0.25) is 0 Å². The average Bonchev–Trinajstić information content (AvgIpc) is 3.57. The Morgan fingerprint density at radius 3 is 2.50 bits per heavy atom. The van der Waals surface area contributed by atoms with Crippen LogP contribution in [0.25, 0.3) is 0 Å². The zero-order valence-corrected chi connectivity index (χ0v) is 19.9. The van der Waals surface area contributed by atoms with E-state index in [9.17, 15) is 14.4 Å². The van der Waals surface area contributed by atoms with Crippen LogP contribution in [0.15, 0.2) is 66.3 Å². The number of thiophene rings is 1. The van der Waals surface area contributed by atoms with Gasteiger partial charge in [0.2, 0.25) is 11.8 Å². The van der Waals surface area contributed by atoms with E-state index in [-0.39, 0.29) is 24.4 Å². The summed E-state index contributed by atoms with van der Waals surface area (Å²) in [6.07, 6.45) is 7.21. The van der Waals surface area contributed by atoms with Crippen LogP contribution in [-0.2, 0) is 9.59 Å². The highest BCUT2D eigenvalue weighted by Crippen LogP contribution is 2.29. The number of amides is 3. The highest BCUT2D eigenvalue weighted by atomic mass is 32.1. The van der Waals surface area contributed by atoms with Crippen molar-refractivity contribution in [2.24, 2.45) is 0 Å². The van der Waals surface area contributed by atoms with Crippen LogP contribution in [0.4, 0.5) is 5.69 Å². The number of aryl methyl sites for hydroxylation is 1. The maximum atomic E-state index is 13.6. The van der Waals surface area contributed by atoms with E-state index in [4.69, 9.17) is 0 Å². The molecule has 0 spiro atoms. The van der Waals surface area contributed by atoms with Crippen molar-refractivity contribution in [1.29, 1.82) is 0 Å². The highest BCUT2D eigenvalue weighted by Gasteiger charge is 2.34. The van der Waals surface area contributed by atoms with Crippen LogP contribution in [0.5, 0.6) is 0 Å². The van der Waals surface area contributed by atoms with Crippen molar-refractivity contribution in [2.75, 3.05) is 11.4 Å². The number of anilines is 1. The van der Waals surface area contributed by atoms with Gasteiger partial charge in [0, 0.05) is 12.2 Å². The Hall–Kier alpha value is -3.52. The van der Waals surface area contributed by atoms with Crippen molar-refractivity contribution in [1.82, 2.24) is 15.6 Å². The van der Waals surface area contributed by atoms with E-state index >= 15 is 0 Å². The molecular weight excluding hydrogens is 448 g/mol. The summed E-state index contributed by atoms with van der Waals surface area (Å²) in [5.41, 5.74) is 2.24. The Labute approximate surface area is 203 Å². The third-order valence-corrected chi connectivity index (χ3v) is 6.81. The van der Waals surface area contributed by atoms with Crippen LogP contribution >= 0.6 is 11.3 Å². The number of aromatic nitrogens is 1. The van der Waals surface area contributed by atoms with Crippen LogP contribution in [0.1, 0.15) is 52.5 Å². The molecule has 0 radical (unpaired) electrons. The van der Waals surface area contributed by atoms with E-state index in [1.807, 2.05) is 31.2 Å². The molecule has 0 bridgehead atoms. The molecule has 3 aromatic rings. The standard InChI is InChI=1S/C26H28N4O3S/c1-18-10-12-19(13-11-18)24(26(33)29-20-6-2-3-7-20)30(21-8-4-14-27-16-21)23(31)17-28-25(32)22-9-5-15-34-22/h4-5,8-16,20,24H,2-3,6-7,17H2,1H3,(H,28,32)(H,29,33)/t24-/m0/s1. The second-order valence-corrected chi connectivity index (χ2v) is 9.39. The van der Waals surface area contributed by atoms with Gasteiger partial charge in [0.1, 0.15) is 6.04 Å². The molecule has 176 valence electrons. The minimum absolute atomic E-state index is 0.102. The monoisotopic (exact) mass is 476 g/mol. The first kappa shape index (κ1) is 23.6. The summed E-state index contributed by atoms with van der Waals surface area (Å²) in [5.74, 6) is -0.959. The molecule has 1 saturated carbocycles. The molecule has 1 aromatic carbocycles. The second kappa shape index (κ2) is 11.1. The first-order valence-corrected chi connectivity index (χ1v) is 12.3. The summed E-state index contributed by atoms with van der Waals surface area (Å²) < 4.78 is 0. The molecule has 2 N–H and O–H groups in total. The van der Waals surface area contributed by atoms with Gasteiger partial charge in [0.05, 0.1) is 23.3 Å². The lowest BCUT2D eigenvalue weighted by Crippen LogP contribution is -2.49. The Bertz CT molecular complexity index is 1110. The van der Waals surface area contributed by atoms with Crippen LogP contribution < -0.4 is 15.5 Å². The second-order valence-electron chi connectivity index (χ2n) is 8.44. The van der Waals surface area contributed by atoms with Crippen molar-refractivity contribution in [2.45, 2.75) is 44.7 Å². The molecular formula is C26H28N4O3S. The molecule has 0 saturated heterocycles. The Morgan fingerprint density at radius 2 is 1.85 bits per heavy atom. The first-order valence-electron chi connectivity index (χ1n) is 11.4. The Kier molecular flexibility index (Phi) is 7.69. The lowest BCUT2D eigenvalue weighted by Gasteiger charge is -2.32. The number of carbonyl (C=O) groups excluding carboxylic acids is 3. The van der Waals surface area contributed by atoms with E-state index < -0.39 is 11.9 Å². The molecule has 1 aliphatic rings. The van der Waals surface area contributed by atoms with Gasteiger partial charge in [-0.05, 0) is 48.9 Å². The molecule has 3 amide bonds. The third-order valence-electron chi connectivity index (χ3n) is 5.94. The van der Waals surface area contributed by atoms with Gasteiger partial charge in [0.25, 0.3) is 5.91 Å². The fourth-order valence-corrected chi connectivity index (χ4v) is 4.83. The first-order chi connectivity index (χ1) is 16.5. The summed E-state index contributed by atoms with van der Waals surface area (Å²) in [4.78, 5) is 45.7. The van der Waals surface area contributed by atoms with Gasteiger partial charge >= 0.3 is 0 Å². The van der Waals surface area contributed by atoms with Crippen molar-refractivity contribution in [3.8, 4) is 0 Å². The molecule has 0 aliphatic heterocycles. The molecule has 0 unspecified atom stereocenters. The Balaban J connectivity index is 1.65. The average molecular weight is 477 g/mol. The summed E-state index contributed by atoms with van der Waals surface area (Å²) in [5, 5.41) is 7.64. The van der Waals surface area contributed by atoms with Gasteiger partial charge < -0.3 is 10.6 Å². The van der Waals surface area contributed by atoms with Crippen molar-refractivity contribution >= 4 is 34.7 Å². The zero-order chi connectivity index (χ0) is 23.9. The molecule has 2 aromatic heterocycles. The van der Waals surface area contributed by atoms with E-state index in [1.165, 1.54) is 16.2 Å². The molecule has 1 atom stereocenters. The van der Waals surface area contributed by atoms with E-state index in [0.717, 1.165) is 31.2 Å². The number of hydrogen-bond acceptors (Lipinski definition) is 5. The number of nitrogens with zero attached hydrogens (tertiary/aromatic N) is 2. The van der Waals surface area contributed by atoms with Gasteiger partial charge in [-0.2, -0.15) is 0 Å². The molecule has 1 fully saturated rings. The van der Waals surface area contributed by atoms with Crippen LogP contribution in [0.3, 0.4) is 0 Å². The van der Waals surface area contributed by atoms with Gasteiger partial charge in [0.15, 0.2) is 0 Å². The minimum Gasteiger partial charge on any atom is -0.351 e. The predicted molar refractivity (Wildman–Crippen MR) is 133 cm³/mol. The topological polar surface area (TPSA) is 91.4 Å². The third kappa shape index (κ3) is 5.69. The molecule has 34 heavy (non-hydrogen) atoms. The number of hydrogen-bond donors (Lipinski definition) is 2. The summed E-state index contributed by atoms with van der Waals surface area (Å²) in [6, 6.07) is 13.8. The number of nitrogens with one attached hydrogen (secondary N) is 2. The molecule has 1 aliphatic carbocycles. The van der Waals surface area contributed by atoms with E-state index in [0.29, 0.717) is 16.1 Å². The van der Waals surface area contributed by atoms with Crippen molar-refractivity contribution < 1.29 is 14.4 Å². The van der Waals surface area contributed by atoms with Crippen LogP contribution in [0, 0.1) is 6.92 Å². The van der Waals surface area contributed by atoms with Crippen LogP contribution in [-0.4, -0.2) is 35.3 Å². The zero-order valence-electron chi connectivity index (χ0n) is 19.1. The van der Waals surface area contributed by atoms with E-state index in [2.05, 4.69) is 15.6 Å². The summed E-state index contributed by atoms with van der Waals surface area (Å²) in [7, 11) is 0. The van der Waals surface area contributed by atoms with Crippen molar-refractivity contribution in [3.63, 3.8) is 0 Å². The predicted octanol–water partition coefficient (Wildman–Crippen LogP) is 4.01. The minimum atomic E-state index is -0.892. The maximum absolute atomic E-state index is 13.6. The molecule has 8 heteroatoms. The number of pyridine rings is 1. The SMILES string of the molecule is Cc1ccc([C@@H](C(=O)NC2CCCC2)N(C(=O)CNC(=O)c2cccs2)c2cccnc2)cc1. The summed E-state index contributed by atoms with van der Waals surface area (Å²) >= 11 is 1.30. The normalized spacial score (nSPS) is 14.4. The molecule has 2 heterocycles. The van der Waals surface area contributed by atoms with Gasteiger partial charge in [-0.25, -0.2) is 0 Å². The molecule has 4 rings (SSSR count). The Morgan fingerprint density at radius 1 is 1.09 bits per heavy atom. The highest BCUT2D eigenvalue weighted by molar-refractivity contribution is 7.12. The number of benzene rings is 1. The van der Waals surface area contributed by atoms with Crippen molar-refractivity contribution in [3.05, 3.63) is 82.3 Å². The smallest absolute Gasteiger partial charge is 0.261 e. The maximum Gasteiger partial charge on any atom is 0.261 e. The van der Waals surface area contributed by atoms with Gasteiger partial charge in [-0.3, -0.25) is 24.3 Å². The number of carbonyl (C=O) groups is 3. The van der Waals surface area contributed by atoms with Gasteiger partial charge in [-0.1, -0.05) is 48.7 Å². The quantitative estimate of drug-likeness (QED) is 0.514.